The lowest BCUT2D eigenvalue weighted by Crippen LogP contribution is -2.37. The Morgan fingerprint density at radius 2 is 1.88 bits per heavy atom. The number of ether oxygens (including phenoxy) is 2. The number of guanidine groups is 1. The van der Waals surface area contributed by atoms with Crippen LogP contribution in [-0.2, 0) is 24.4 Å². The van der Waals surface area contributed by atoms with Crippen LogP contribution in [0.15, 0.2) is 47.5 Å². The molecule has 0 amide bonds. The number of hydrogen-bond acceptors (Lipinski definition) is 4. The van der Waals surface area contributed by atoms with E-state index >= 15 is 0 Å². The maximum absolute atomic E-state index is 12.7. The molecular weight excluding hydrogens is 541 g/mol. The van der Waals surface area contributed by atoms with Crippen molar-refractivity contribution in [3.63, 3.8) is 0 Å². The van der Waals surface area contributed by atoms with Gasteiger partial charge in [0, 0.05) is 38.3 Å². The van der Waals surface area contributed by atoms with Crippen molar-refractivity contribution in [3.8, 4) is 5.75 Å². The van der Waals surface area contributed by atoms with Crippen LogP contribution in [0.4, 0.5) is 8.78 Å². The van der Waals surface area contributed by atoms with Gasteiger partial charge in [-0.05, 0) is 31.0 Å². The molecule has 0 spiro atoms. The van der Waals surface area contributed by atoms with E-state index < -0.39 is 6.61 Å². The van der Waals surface area contributed by atoms with Crippen LogP contribution in [0.2, 0.25) is 0 Å². The van der Waals surface area contributed by atoms with Gasteiger partial charge in [-0.2, -0.15) is 8.78 Å². The average Bonchev–Trinajstić information content (AvgIpc) is 2.78. The van der Waals surface area contributed by atoms with Gasteiger partial charge in [-0.3, -0.25) is 4.90 Å². The highest BCUT2D eigenvalue weighted by molar-refractivity contribution is 14.0. The molecule has 0 atom stereocenters. The Bertz CT molecular complexity index is 893. The van der Waals surface area contributed by atoms with Crippen LogP contribution >= 0.6 is 24.0 Å². The van der Waals surface area contributed by atoms with Crippen LogP contribution in [0, 0.1) is 6.92 Å². The average molecular weight is 574 g/mol. The lowest BCUT2D eigenvalue weighted by Gasteiger charge is -2.26. The van der Waals surface area contributed by atoms with Crippen LogP contribution in [0.25, 0.3) is 0 Å². The molecule has 2 aromatic carbocycles. The molecule has 1 heterocycles. The van der Waals surface area contributed by atoms with Crippen LogP contribution in [0.5, 0.6) is 5.75 Å². The van der Waals surface area contributed by atoms with E-state index in [1.807, 2.05) is 19.9 Å². The van der Waals surface area contributed by atoms with Crippen molar-refractivity contribution in [2.45, 2.75) is 40.1 Å². The number of nitrogens with one attached hydrogen (secondary N) is 2. The molecule has 33 heavy (non-hydrogen) atoms. The Kier molecular flexibility index (Phi) is 11.8. The smallest absolute Gasteiger partial charge is 0.387 e. The number of aliphatic imine (C=N–C) groups is 1. The molecular formula is C24H33F2IN4O2. The fraction of sp³-hybridized carbons (Fsp3) is 0.458. The molecule has 0 unspecified atom stereocenters. The molecule has 182 valence electrons. The number of aryl methyl sites for hydroxylation is 1. The number of hydrogen-bond donors (Lipinski definition) is 2. The minimum atomic E-state index is -2.86. The molecule has 9 heteroatoms. The van der Waals surface area contributed by atoms with Gasteiger partial charge in [-0.25, -0.2) is 4.99 Å². The molecule has 2 aromatic rings. The molecule has 1 fully saturated rings. The van der Waals surface area contributed by atoms with Crippen LogP contribution in [0.3, 0.4) is 0 Å². The molecule has 1 saturated heterocycles. The van der Waals surface area contributed by atoms with E-state index in [0.717, 1.165) is 44.0 Å². The SMILES string of the molecule is CCNC(=NCc1cccc(CN2CCOCC2)c1)NCc1cc(C)ccc1OC(F)F.I. The summed E-state index contributed by atoms with van der Waals surface area (Å²) in [6.45, 7) is 6.95. The summed E-state index contributed by atoms with van der Waals surface area (Å²) in [5.74, 6) is 0.792. The number of halogens is 3. The van der Waals surface area contributed by atoms with Gasteiger partial charge in [0.2, 0.25) is 0 Å². The second-order valence-electron chi connectivity index (χ2n) is 7.75. The number of nitrogens with zero attached hydrogens (tertiary/aromatic N) is 2. The molecule has 0 bridgehead atoms. The largest absolute Gasteiger partial charge is 0.434 e. The second kappa shape index (κ2) is 14.3. The van der Waals surface area contributed by atoms with Gasteiger partial charge in [-0.15, -0.1) is 24.0 Å². The van der Waals surface area contributed by atoms with Crippen LogP contribution in [-0.4, -0.2) is 50.3 Å². The number of rotatable bonds is 9. The van der Waals surface area contributed by atoms with E-state index in [1.165, 1.54) is 5.56 Å². The normalized spacial score (nSPS) is 14.6. The maximum atomic E-state index is 12.7. The van der Waals surface area contributed by atoms with E-state index in [0.29, 0.717) is 31.2 Å². The zero-order valence-electron chi connectivity index (χ0n) is 19.2. The lowest BCUT2D eigenvalue weighted by atomic mass is 10.1. The van der Waals surface area contributed by atoms with Gasteiger partial charge in [0.1, 0.15) is 5.75 Å². The molecule has 1 aliphatic rings. The van der Waals surface area contributed by atoms with E-state index in [-0.39, 0.29) is 29.7 Å². The summed E-state index contributed by atoms with van der Waals surface area (Å²) in [7, 11) is 0. The first kappa shape index (κ1) is 27.3. The van der Waals surface area contributed by atoms with Crippen molar-refractivity contribution in [3.05, 3.63) is 64.7 Å². The van der Waals surface area contributed by atoms with Gasteiger partial charge in [-0.1, -0.05) is 42.0 Å². The molecule has 1 aliphatic heterocycles. The van der Waals surface area contributed by atoms with Gasteiger partial charge in [0.15, 0.2) is 5.96 Å². The third-order valence-corrected chi connectivity index (χ3v) is 5.14. The predicted octanol–water partition coefficient (Wildman–Crippen LogP) is 4.30. The monoisotopic (exact) mass is 574 g/mol. The van der Waals surface area contributed by atoms with Crippen LogP contribution < -0.4 is 15.4 Å². The first-order valence-electron chi connectivity index (χ1n) is 11.0. The molecule has 3 rings (SSSR count). The van der Waals surface area contributed by atoms with Gasteiger partial charge < -0.3 is 20.1 Å². The predicted molar refractivity (Wildman–Crippen MR) is 137 cm³/mol. The number of benzene rings is 2. The fourth-order valence-corrected chi connectivity index (χ4v) is 3.59. The third-order valence-electron chi connectivity index (χ3n) is 5.14. The second-order valence-corrected chi connectivity index (χ2v) is 7.75. The molecule has 0 aromatic heterocycles. The third kappa shape index (κ3) is 9.42. The summed E-state index contributed by atoms with van der Waals surface area (Å²) in [4.78, 5) is 7.06. The Hall–Kier alpha value is -1.98. The van der Waals surface area contributed by atoms with Crippen molar-refractivity contribution in [1.82, 2.24) is 15.5 Å². The molecule has 6 nitrogen and oxygen atoms in total. The van der Waals surface area contributed by atoms with Gasteiger partial charge >= 0.3 is 6.61 Å². The minimum absolute atomic E-state index is 0. The molecule has 2 N–H and O–H groups in total. The summed E-state index contributed by atoms with van der Waals surface area (Å²) >= 11 is 0. The number of alkyl halides is 2. The molecule has 0 aliphatic carbocycles. The first-order chi connectivity index (χ1) is 15.5. The van der Waals surface area contributed by atoms with Crippen LogP contribution in [0.1, 0.15) is 29.2 Å². The summed E-state index contributed by atoms with van der Waals surface area (Å²) < 4.78 is 35.5. The maximum Gasteiger partial charge on any atom is 0.387 e. The quantitative estimate of drug-likeness (QED) is 0.266. The zero-order chi connectivity index (χ0) is 22.8. The van der Waals surface area contributed by atoms with Crippen molar-refractivity contribution in [2.24, 2.45) is 4.99 Å². The topological polar surface area (TPSA) is 58.1 Å². The molecule has 0 radical (unpaired) electrons. The van der Waals surface area contributed by atoms with E-state index in [9.17, 15) is 8.78 Å². The summed E-state index contributed by atoms with van der Waals surface area (Å²) in [5, 5.41) is 6.43. The Morgan fingerprint density at radius 3 is 2.61 bits per heavy atom. The first-order valence-corrected chi connectivity index (χ1v) is 11.0. The van der Waals surface area contributed by atoms with E-state index in [4.69, 9.17) is 4.74 Å². The minimum Gasteiger partial charge on any atom is -0.434 e. The van der Waals surface area contributed by atoms with Gasteiger partial charge in [0.05, 0.1) is 19.8 Å². The summed E-state index contributed by atoms with van der Waals surface area (Å²) in [6, 6.07) is 13.6. The van der Waals surface area contributed by atoms with Crippen molar-refractivity contribution in [2.75, 3.05) is 32.8 Å². The Labute approximate surface area is 211 Å². The number of morpholine rings is 1. The van der Waals surface area contributed by atoms with Crippen molar-refractivity contribution < 1.29 is 18.3 Å². The highest BCUT2D eigenvalue weighted by atomic mass is 127. The lowest BCUT2D eigenvalue weighted by molar-refractivity contribution is -0.0504. The van der Waals surface area contributed by atoms with Crippen molar-refractivity contribution >= 4 is 29.9 Å². The fourth-order valence-electron chi connectivity index (χ4n) is 3.59. The highest BCUT2D eigenvalue weighted by Crippen LogP contribution is 2.22. The van der Waals surface area contributed by atoms with Crippen molar-refractivity contribution in [1.29, 1.82) is 0 Å². The summed E-state index contributed by atoms with van der Waals surface area (Å²) in [5.41, 5.74) is 4.00. The molecule has 0 saturated carbocycles. The van der Waals surface area contributed by atoms with Gasteiger partial charge in [0.25, 0.3) is 0 Å². The van der Waals surface area contributed by atoms with E-state index in [1.54, 1.807) is 12.1 Å². The van der Waals surface area contributed by atoms with E-state index in [2.05, 4.69) is 49.5 Å². The highest BCUT2D eigenvalue weighted by Gasteiger charge is 2.12. The Morgan fingerprint density at radius 1 is 1.12 bits per heavy atom. The standard InChI is InChI=1S/C24H32F2N4O2.HI/c1-3-27-24(29-16-21-13-18(2)7-8-22(21)32-23(25)26)28-15-19-5-4-6-20(14-19)17-30-9-11-31-12-10-30;/h4-8,13-14,23H,3,9-12,15-17H2,1-2H3,(H2,27,28,29);1H. The Balaban J connectivity index is 0.00000385. The summed E-state index contributed by atoms with van der Waals surface area (Å²) in [6.07, 6.45) is 0. The zero-order valence-corrected chi connectivity index (χ0v) is 21.5.